The summed E-state index contributed by atoms with van der Waals surface area (Å²) in [5.41, 5.74) is 0.598. The van der Waals surface area contributed by atoms with Crippen LogP contribution in [0.3, 0.4) is 0 Å². The highest BCUT2D eigenvalue weighted by atomic mass is 16.5. The lowest BCUT2D eigenvalue weighted by molar-refractivity contribution is 0.153. The summed E-state index contributed by atoms with van der Waals surface area (Å²) in [4.78, 5) is 20.0. The summed E-state index contributed by atoms with van der Waals surface area (Å²) in [6.45, 7) is 6.22. The zero-order valence-electron chi connectivity index (χ0n) is 9.88. The minimum Gasteiger partial charge on any atom is -0.491 e. The van der Waals surface area contributed by atoms with Crippen molar-refractivity contribution in [3.63, 3.8) is 0 Å². The lowest BCUT2D eigenvalue weighted by atomic mass is 10.3. The van der Waals surface area contributed by atoms with Gasteiger partial charge in [0.05, 0.1) is 18.8 Å². The van der Waals surface area contributed by atoms with Gasteiger partial charge >= 0.3 is 6.09 Å². The molecule has 0 radical (unpaired) electrons. The highest BCUT2D eigenvalue weighted by Crippen LogP contribution is 2.09. The van der Waals surface area contributed by atoms with E-state index in [0.29, 0.717) is 23.9 Å². The maximum absolute atomic E-state index is 10.7. The Balaban J connectivity index is 2.79. The molecule has 1 heterocycles. The summed E-state index contributed by atoms with van der Waals surface area (Å²) in [7, 11) is 1.47. The third-order valence-corrected chi connectivity index (χ3v) is 2.01. The van der Waals surface area contributed by atoms with Gasteiger partial charge in [0.2, 0.25) is 0 Å². The summed E-state index contributed by atoms with van der Waals surface area (Å²) in [5.74, 6) is 0.760. The molecule has 0 bridgehead atoms. The fourth-order valence-corrected chi connectivity index (χ4v) is 1.17. The Labute approximate surface area is 99.6 Å². The van der Waals surface area contributed by atoms with Crippen LogP contribution in [0.1, 0.15) is 18.4 Å². The van der Waals surface area contributed by atoms with E-state index in [0.717, 1.165) is 4.90 Å². The predicted molar refractivity (Wildman–Crippen MR) is 62.2 cm³/mol. The minimum absolute atomic E-state index is 0.199. The number of hydrogen-bond acceptors (Lipinski definition) is 4. The SMILES string of the molecule is C=C(OCC)c1nccc(CN(C)C(=O)O)n1. The van der Waals surface area contributed by atoms with Crippen molar-refractivity contribution in [1.82, 2.24) is 14.9 Å². The van der Waals surface area contributed by atoms with E-state index >= 15 is 0 Å². The minimum atomic E-state index is -1.01. The largest absolute Gasteiger partial charge is 0.491 e. The zero-order valence-corrected chi connectivity index (χ0v) is 9.88. The predicted octanol–water partition coefficient (Wildman–Crippen LogP) is 1.59. The van der Waals surface area contributed by atoms with Gasteiger partial charge in [-0.15, -0.1) is 0 Å². The number of carbonyl (C=O) groups is 1. The quantitative estimate of drug-likeness (QED) is 0.787. The topological polar surface area (TPSA) is 75.5 Å². The van der Waals surface area contributed by atoms with E-state index in [1.165, 1.54) is 7.05 Å². The first kappa shape index (κ1) is 13.0. The molecule has 1 amide bonds. The van der Waals surface area contributed by atoms with Crippen LogP contribution in [-0.2, 0) is 11.3 Å². The summed E-state index contributed by atoms with van der Waals surface area (Å²) in [6, 6.07) is 1.65. The molecule has 1 aromatic rings. The van der Waals surface area contributed by atoms with E-state index in [2.05, 4.69) is 16.5 Å². The molecule has 0 saturated heterocycles. The molecule has 0 atom stereocenters. The fourth-order valence-electron chi connectivity index (χ4n) is 1.17. The van der Waals surface area contributed by atoms with Gasteiger partial charge in [0, 0.05) is 13.2 Å². The van der Waals surface area contributed by atoms with Gasteiger partial charge in [-0.3, -0.25) is 0 Å². The van der Waals surface area contributed by atoms with Crippen LogP contribution in [0.15, 0.2) is 18.8 Å². The average molecular weight is 237 g/mol. The maximum Gasteiger partial charge on any atom is 0.407 e. The normalized spacial score (nSPS) is 9.76. The fraction of sp³-hybridized carbons (Fsp3) is 0.364. The van der Waals surface area contributed by atoms with Gasteiger partial charge in [-0.25, -0.2) is 14.8 Å². The van der Waals surface area contributed by atoms with Crippen LogP contribution in [0, 0.1) is 0 Å². The Kier molecular flexibility index (Phi) is 4.45. The van der Waals surface area contributed by atoms with Gasteiger partial charge in [-0.05, 0) is 13.0 Å². The Hall–Kier alpha value is -2.11. The van der Waals surface area contributed by atoms with Gasteiger partial charge in [0.1, 0.15) is 0 Å². The molecule has 0 fully saturated rings. The second-order valence-electron chi connectivity index (χ2n) is 3.37. The van der Waals surface area contributed by atoms with E-state index in [-0.39, 0.29) is 6.54 Å². The first-order chi connectivity index (χ1) is 8.04. The summed E-state index contributed by atoms with van der Waals surface area (Å²) < 4.78 is 5.19. The molecule has 0 saturated carbocycles. The number of amides is 1. The Bertz CT molecular complexity index is 420. The van der Waals surface area contributed by atoms with Gasteiger partial charge in [-0.1, -0.05) is 6.58 Å². The number of aromatic nitrogens is 2. The van der Waals surface area contributed by atoms with E-state index < -0.39 is 6.09 Å². The van der Waals surface area contributed by atoms with Crippen LogP contribution in [0.5, 0.6) is 0 Å². The molecule has 6 heteroatoms. The van der Waals surface area contributed by atoms with Crippen molar-refractivity contribution in [3.05, 3.63) is 30.4 Å². The van der Waals surface area contributed by atoms with Crippen molar-refractivity contribution in [2.24, 2.45) is 0 Å². The number of carboxylic acid groups (broad SMARTS) is 1. The highest BCUT2D eigenvalue weighted by molar-refractivity contribution is 5.64. The highest BCUT2D eigenvalue weighted by Gasteiger charge is 2.09. The van der Waals surface area contributed by atoms with Crippen molar-refractivity contribution in [3.8, 4) is 0 Å². The van der Waals surface area contributed by atoms with Crippen LogP contribution in [-0.4, -0.2) is 39.7 Å². The molecule has 0 aromatic carbocycles. The van der Waals surface area contributed by atoms with Gasteiger partial charge in [0.15, 0.2) is 11.6 Å². The van der Waals surface area contributed by atoms with Crippen molar-refractivity contribution in [2.75, 3.05) is 13.7 Å². The van der Waals surface area contributed by atoms with Crippen molar-refractivity contribution in [2.45, 2.75) is 13.5 Å². The zero-order chi connectivity index (χ0) is 12.8. The first-order valence-corrected chi connectivity index (χ1v) is 5.12. The first-order valence-electron chi connectivity index (χ1n) is 5.12. The molecule has 1 aromatic heterocycles. The molecule has 17 heavy (non-hydrogen) atoms. The molecule has 0 aliphatic carbocycles. The third kappa shape index (κ3) is 3.75. The van der Waals surface area contributed by atoms with Crippen molar-refractivity contribution in [1.29, 1.82) is 0 Å². The lowest BCUT2D eigenvalue weighted by Gasteiger charge is -2.12. The number of ether oxygens (including phenoxy) is 1. The van der Waals surface area contributed by atoms with Gasteiger partial charge in [0.25, 0.3) is 0 Å². The molecule has 1 rings (SSSR count). The summed E-state index contributed by atoms with van der Waals surface area (Å²) in [5, 5.41) is 8.75. The molecule has 0 spiro atoms. The molecule has 0 aliphatic heterocycles. The number of nitrogens with zero attached hydrogens (tertiary/aromatic N) is 3. The van der Waals surface area contributed by atoms with Crippen LogP contribution in [0.2, 0.25) is 0 Å². The number of rotatable bonds is 5. The second kappa shape index (κ2) is 5.83. The average Bonchev–Trinajstić information content (AvgIpc) is 2.29. The molecule has 0 unspecified atom stereocenters. The molecule has 0 aliphatic rings. The second-order valence-corrected chi connectivity index (χ2v) is 3.37. The molecular weight excluding hydrogens is 222 g/mol. The van der Waals surface area contributed by atoms with E-state index in [9.17, 15) is 4.79 Å². The molecule has 6 nitrogen and oxygen atoms in total. The summed E-state index contributed by atoms with van der Waals surface area (Å²) >= 11 is 0. The van der Waals surface area contributed by atoms with Crippen LogP contribution < -0.4 is 0 Å². The van der Waals surface area contributed by atoms with E-state index in [4.69, 9.17) is 9.84 Å². The van der Waals surface area contributed by atoms with Crippen molar-refractivity contribution >= 4 is 11.9 Å². The Morgan fingerprint density at radius 2 is 2.35 bits per heavy atom. The number of hydrogen-bond donors (Lipinski definition) is 1. The lowest BCUT2D eigenvalue weighted by Crippen LogP contribution is -2.24. The van der Waals surface area contributed by atoms with Crippen LogP contribution >= 0.6 is 0 Å². The standard InChI is InChI=1S/C11H15N3O3/c1-4-17-8(2)10-12-6-5-9(13-10)7-14(3)11(15)16/h5-6H,2,4,7H2,1,3H3,(H,15,16). The van der Waals surface area contributed by atoms with Crippen LogP contribution in [0.4, 0.5) is 4.79 Å². The van der Waals surface area contributed by atoms with E-state index in [1.54, 1.807) is 12.3 Å². The van der Waals surface area contributed by atoms with Crippen LogP contribution in [0.25, 0.3) is 5.76 Å². The van der Waals surface area contributed by atoms with Gasteiger partial charge < -0.3 is 14.7 Å². The summed E-state index contributed by atoms with van der Waals surface area (Å²) in [6.07, 6.45) is 0.547. The van der Waals surface area contributed by atoms with E-state index in [1.807, 2.05) is 6.92 Å². The maximum atomic E-state index is 10.7. The monoisotopic (exact) mass is 237 g/mol. The molecular formula is C11H15N3O3. The Morgan fingerprint density at radius 3 is 2.94 bits per heavy atom. The molecule has 1 N–H and O–H groups in total. The molecule has 92 valence electrons. The Morgan fingerprint density at radius 1 is 1.65 bits per heavy atom. The van der Waals surface area contributed by atoms with Gasteiger partial charge in [-0.2, -0.15) is 0 Å². The van der Waals surface area contributed by atoms with Crippen molar-refractivity contribution < 1.29 is 14.6 Å². The smallest absolute Gasteiger partial charge is 0.407 e. The third-order valence-electron chi connectivity index (χ3n) is 2.01.